The molecule has 0 bridgehead atoms. The Labute approximate surface area is 297 Å². The Kier molecular flexibility index (Phi) is 7.61. The molecule has 2 N–H and O–H groups in total. The van der Waals surface area contributed by atoms with Gasteiger partial charge in [0.25, 0.3) is 0 Å². The van der Waals surface area contributed by atoms with Crippen molar-refractivity contribution >= 4 is 52.6 Å². The second-order valence-corrected chi connectivity index (χ2v) is 13.8. The zero-order valence-electron chi connectivity index (χ0n) is 27.2. The lowest BCUT2D eigenvalue weighted by molar-refractivity contribution is -0.127. The molecule has 4 amide bonds. The number of amides is 4. The molecule has 2 heterocycles. The fourth-order valence-electron chi connectivity index (χ4n) is 9.04. The number of carbonyl (C=O) groups is 5. The number of halogens is 1. The molecule has 10 nitrogen and oxygen atoms in total. The topological polar surface area (TPSA) is 142 Å². The van der Waals surface area contributed by atoms with Crippen LogP contribution in [0.1, 0.15) is 40.2 Å². The van der Waals surface area contributed by atoms with E-state index in [1.807, 2.05) is 36.4 Å². The van der Waals surface area contributed by atoms with Gasteiger partial charge in [0.05, 0.1) is 47.2 Å². The minimum atomic E-state index is -1.50. The highest BCUT2D eigenvalue weighted by atomic mass is 35.5. The van der Waals surface area contributed by atoms with E-state index in [4.69, 9.17) is 16.3 Å². The van der Waals surface area contributed by atoms with Crippen molar-refractivity contribution in [1.29, 1.82) is 0 Å². The van der Waals surface area contributed by atoms with Gasteiger partial charge < -0.3 is 14.9 Å². The Bertz CT molecular complexity index is 2200. The molecule has 256 valence electrons. The van der Waals surface area contributed by atoms with Crippen LogP contribution in [-0.2, 0) is 24.6 Å². The summed E-state index contributed by atoms with van der Waals surface area (Å²) in [6, 6.07) is 26.2. The standard InChI is InChI=1S/C40H31ClN2O8/c1-51-32-16-13-21(18-31(32)44)34-27-14-15-28-33(37(47)42(35(28)45)25-11-5-7-22(17-25)38(48)49)29(27)20-30-36(46)43(26-12-6-10-24(41)19-26)39(50)40(30,34)23-8-3-2-4-9-23/h2-14,16-19,28-30,33-34,44H,15,20H2,1H3,(H,48,49)/t28-,29+,30-,33-,34-,40+/m0/s1. The number of nitrogens with zero attached hydrogens (tertiary/aromatic N) is 2. The molecule has 4 aromatic carbocycles. The van der Waals surface area contributed by atoms with Gasteiger partial charge in [-0.05, 0) is 78.4 Å². The molecule has 2 aliphatic carbocycles. The smallest absolute Gasteiger partial charge is 0.335 e. The summed E-state index contributed by atoms with van der Waals surface area (Å²) in [6.07, 6.45) is 2.19. The van der Waals surface area contributed by atoms with Crippen molar-refractivity contribution in [3.8, 4) is 11.5 Å². The minimum absolute atomic E-state index is 0.0670. The number of carbonyl (C=O) groups excluding carboxylic acids is 4. The van der Waals surface area contributed by atoms with Gasteiger partial charge in [-0.2, -0.15) is 0 Å². The molecule has 6 atom stereocenters. The normalized spacial score (nSPS) is 26.8. The number of fused-ring (bicyclic) bond motifs is 4. The van der Waals surface area contributed by atoms with Gasteiger partial charge >= 0.3 is 5.97 Å². The first kappa shape index (κ1) is 32.5. The van der Waals surface area contributed by atoms with E-state index in [0.29, 0.717) is 21.8 Å². The van der Waals surface area contributed by atoms with Crippen molar-refractivity contribution in [3.05, 3.63) is 130 Å². The molecule has 0 aromatic heterocycles. The maximum absolute atomic E-state index is 15.3. The number of rotatable bonds is 6. The molecule has 8 rings (SSSR count). The maximum Gasteiger partial charge on any atom is 0.335 e. The van der Waals surface area contributed by atoms with E-state index in [-0.39, 0.29) is 35.6 Å². The molecule has 2 aliphatic heterocycles. The van der Waals surface area contributed by atoms with E-state index in [9.17, 15) is 29.4 Å². The van der Waals surface area contributed by atoms with E-state index < -0.39 is 64.6 Å². The molecule has 0 radical (unpaired) electrons. The summed E-state index contributed by atoms with van der Waals surface area (Å²) in [6.45, 7) is 0. The number of carboxylic acid groups (broad SMARTS) is 1. The van der Waals surface area contributed by atoms with Gasteiger partial charge in [0.15, 0.2) is 11.5 Å². The number of aromatic hydroxyl groups is 1. The Morgan fingerprint density at radius 3 is 2.24 bits per heavy atom. The summed E-state index contributed by atoms with van der Waals surface area (Å²) in [4.78, 5) is 72.6. The summed E-state index contributed by atoms with van der Waals surface area (Å²) in [5.74, 6) is -7.09. The SMILES string of the molecule is COc1ccc([C@H]2C3=CC[C@@H]4C(=O)N(c5cccc(C(=O)O)c5)C(=O)[C@@H]4[C@@H]3C[C@H]3C(=O)N(c4cccc(Cl)c4)C(=O)[C@@]23c2ccccc2)cc1O. The fourth-order valence-corrected chi connectivity index (χ4v) is 9.22. The quantitative estimate of drug-likeness (QED) is 0.181. The van der Waals surface area contributed by atoms with Crippen molar-refractivity contribution in [2.24, 2.45) is 23.7 Å². The molecule has 0 spiro atoms. The van der Waals surface area contributed by atoms with E-state index in [1.54, 1.807) is 36.4 Å². The molecule has 4 aromatic rings. The molecular weight excluding hydrogens is 672 g/mol. The number of aromatic carboxylic acids is 1. The number of phenols is 1. The predicted octanol–water partition coefficient (Wildman–Crippen LogP) is 6.12. The summed E-state index contributed by atoms with van der Waals surface area (Å²) in [5.41, 5.74) is 0.753. The maximum atomic E-state index is 15.3. The highest BCUT2D eigenvalue weighted by molar-refractivity contribution is 6.32. The third-order valence-electron chi connectivity index (χ3n) is 11.1. The zero-order chi connectivity index (χ0) is 35.8. The van der Waals surface area contributed by atoms with Crippen molar-refractivity contribution < 1.29 is 38.9 Å². The van der Waals surface area contributed by atoms with Crippen molar-refractivity contribution in [1.82, 2.24) is 0 Å². The first-order valence-corrected chi connectivity index (χ1v) is 16.9. The summed E-state index contributed by atoms with van der Waals surface area (Å²) in [5, 5.41) is 21.0. The number of benzene rings is 4. The third-order valence-corrected chi connectivity index (χ3v) is 11.3. The van der Waals surface area contributed by atoms with Crippen LogP contribution in [0.2, 0.25) is 5.02 Å². The van der Waals surface area contributed by atoms with Crippen molar-refractivity contribution in [2.75, 3.05) is 16.9 Å². The van der Waals surface area contributed by atoms with Gasteiger partial charge in [0, 0.05) is 10.9 Å². The number of imide groups is 2. The molecule has 1 saturated carbocycles. The summed E-state index contributed by atoms with van der Waals surface area (Å²) >= 11 is 6.37. The van der Waals surface area contributed by atoms with Gasteiger partial charge in [-0.15, -0.1) is 0 Å². The van der Waals surface area contributed by atoms with E-state index >= 15 is 4.79 Å². The highest BCUT2D eigenvalue weighted by Gasteiger charge is 2.70. The van der Waals surface area contributed by atoms with Crippen LogP contribution in [0.25, 0.3) is 0 Å². The van der Waals surface area contributed by atoms with Crippen LogP contribution in [0.3, 0.4) is 0 Å². The van der Waals surface area contributed by atoms with E-state index in [0.717, 1.165) is 10.5 Å². The molecule has 0 unspecified atom stereocenters. The number of hydrogen-bond acceptors (Lipinski definition) is 7. The number of ether oxygens (including phenoxy) is 1. The van der Waals surface area contributed by atoms with Crippen LogP contribution >= 0.6 is 11.6 Å². The van der Waals surface area contributed by atoms with E-state index in [2.05, 4.69) is 0 Å². The number of methoxy groups -OCH3 is 1. The highest BCUT2D eigenvalue weighted by Crippen LogP contribution is 2.64. The first-order chi connectivity index (χ1) is 24.6. The zero-order valence-corrected chi connectivity index (χ0v) is 28.0. The van der Waals surface area contributed by atoms with Crippen LogP contribution < -0.4 is 14.5 Å². The molecule has 51 heavy (non-hydrogen) atoms. The predicted molar refractivity (Wildman–Crippen MR) is 187 cm³/mol. The van der Waals surface area contributed by atoms with Gasteiger partial charge in [-0.25, -0.2) is 9.69 Å². The van der Waals surface area contributed by atoms with Gasteiger partial charge in [-0.3, -0.25) is 24.1 Å². The first-order valence-electron chi connectivity index (χ1n) is 16.6. The second kappa shape index (κ2) is 11.9. The van der Waals surface area contributed by atoms with Gasteiger partial charge in [-0.1, -0.05) is 71.8 Å². The number of allylic oxidation sites excluding steroid dienone is 2. The van der Waals surface area contributed by atoms with Crippen molar-refractivity contribution in [2.45, 2.75) is 24.2 Å². The Hall–Kier alpha value is -5.74. The third kappa shape index (κ3) is 4.66. The molecular formula is C40H31ClN2O8. The molecule has 3 fully saturated rings. The molecule has 11 heteroatoms. The second-order valence-electron chi connectivity index (χ2n) is 13.4. The number of carboxylic acids is 1. The van der Waals surface area contributed by atoms with Crippen LogP contribution in [0.4, 0.5) is 11.4 Å². The van der Waals surface area contributed by atoms with Crippen LogP contribution in [0.5, 0.6) is 11.5 Å². The number of phenolic OH excluding ortho intramolecular Hbond substituents is 1. The van der Waals surface area contributed by atoms with Crippen LogP contribution in [0, 0.1) is 23.7 Å². The lowest BCUT2D eigenvalue weighted by Gasteiger charge is -2.50. The van der Waals surface area contributed by atoms with Gasteiger partial charge in [0.2, 0.25) is 23.6 Å². The Morgan fingerprint density at radius 1 is 0.824 bits per heavy atom. The minimum Gasteiger partial charge on any atom is -0.504 e. The summed E-state index contributed by atoms with van der Waals surface area (Å²) < 4.78 is 5.34. The average Bonchev–Trinajstić information content (AvgIpc) is 3.52. The summed E-state index contributed by atoms with van der Waals surface area (Å²) in [7, 11) is 1.43. The fraction of sp³-hybridized carbons (Fsp3) is 0.225. The average molecular weight is 703 g/mol. The Balaban J connectivity index is 1.34. The Morgan fingerprint density at radius 2 is 1.55 bits per heavy atom. The lowest BCUT2D eigenvalue weighted by atomic mass is 9.49. The van der Waals surface area contributed by atoms with Crippen molar-refractivity contribution in [3.63, 3.8) is 0 Å². The monoisotopic (exact) mass is 702 g/mol. The lowest BCUT2D eigenvalue weighted by Crippen LogP contribution is -2.53. The molecule has 2 saturated heterocycles. The van der Waals surface area contributed by atoms with Crippen LogP contribution in [0.15, 0.2) is 109 Å². The van der Waals surface area contributed by atoms with Gasteiger partial charge in [0.1, 0.15) is 0 Å². The van der Waals surface area contributed by atoms with Crippen LogP contribution in [-0.4, -0.2) is 46.9 Å². The number of hydrogen-bond donors (Lipinski definition) is 2. The van der Waals surface area contributed by atoms with E-state index in [1.165, 1.54) is 42.3 Å². The number of anilines is 2. The molecule has 4 aliphatic rings. The largest absolute Gasteiger partial charge is 0.504 e.